The lowest BCUT2D eigenvalue weighted by molar-refractivity contribution is 0.0860. The lowest BCUT2D eigenvalue weighted by atomic mass is 10.1. The number of thiazole rings is 1. The average molecular weight is 560 g/mol. The Morgan fingerprint density at radius 3 is 2.49 bits per heavy atom. The first-order valence-electron chi connectivity index (χ1n) is 11.9. The van der Waals surface area contributed by atoms with Crippen LogP contribution in [0.2, 0.25) is 0 Å². The van der Waals surface area contributed by atoms with E-state index in [1.54, 1.807) is 27.7 Å². The molecule has 208 valence electrons. The number of ether oxygens (including phenoxy) is 2. The molecule has 2 aromatic heterocycles. The van der Waals surface area contributed by atoms with E-state index in [1.807, 2.05) is 0 Å². The van der Waals surface area contributed by atoms with Crippen molar-refractivity contribution in [2.45, 2.75) is 46.8 Å². The van der Waals surface area contributed by atoms with Gasteiger partial charge >= 0.3 is 5.69 Å². The Bertz CT molecular complexity index is 1510. The molecular weight excluding hydrogens is 529 g/mol. The second kappa shape index (κ2) is 12.5. The van der Waals surface area contributed by atoms with Crippen molar-refractivity contribution in [2.24, 2.45) is 5.16 Å². The van der Waals surface area contributed by atoms with Crippen LogP contribution < -0.4 is 21.0 Å². The monoisotopic (exact) mass is 559 g/mol. The molecule has 0 fully saturated rings. The smallest absolute Gasteiger partial charge is 0.354 e. The van der Waals surface area contributed by atoms with Crippen LogP contribution in [0.3, 0.4) is 0 Å². The zero-order valence-electron chi connectivity index (χ0n) is 22.7. The van der Waals surface area contributed by atoms with Crippen LogP contribution in [-0.2, 0) is 9.57 Å². The fourth-order valence-corrected chi connectivity index (χ4v) is 3.98. The van der Waals surface area contributed by atoms with Crippen molar-refractivity contribution < 1.29 is 23.5 Å². The third kappa shape index (κ3) is 6.79. The summed E-state index contributed by atoms with van der Waals surface area (Å²) < 4.78 is 27.3. The number of carbonyl (C=O) groups is 1. The van der Waals surface area contributed by atoms with E-state index in [-0.39, 0.29) is 39.7 Å². The van der Waals surface area contributed by atoms with Crippen molar-refractivity contribution >= 4 is 34.9 Å². The van der Waals surface area contributed by atoms with Crippen LogP contribution >= 0.6 is 11.3 Å². The number of carbonyl (C=O) groups excluding carboxylic acids is 1. The van der Waals surface area contributed by atoms with Gasteiger partial charge < -0.3 is 14.3 Å². The summed E-state index contributed by atoms with van der Waals surface area (Å²) in [7, 11) is 2.71. The highest BCUT2D eigenvalue weighted by Gasteiger charge is 2.23. The molecule has 11 nitrogen and oxygen atoms in total. The number of halogens is 1. The Morgan fingerprint density at radius 2 is 1.90 bits per heavy atom. The SMILES string of the molecule is COc1ccc(F)cc1/C(=C/n1cc(/C(C)=N/OC(C)C)c(=O)n(N(C)C(=O)c2cncs2)c1=O)OC(C)C. The Balaban J connectivity index is 2.33. The standard InChI is InChI=1S/C26H30FN5O6S/c1-15(2)37-22(19-10-18(27)8-9-21(19)36-7)13-31-12-20(17(5)29-38-16(3)4)24(33)32(26(31)35)30(6)25(34)23-11-28-14-39-23/h8-16H,1-7H3/b22-13-,29-17+. The summed E-state index contributed by atoms with van der Waals surface area (Å²) in [4.78, 5) is 49.6. The molecule has 0 saturated carbocycles. The Morgan fingerprint density at radius 1 is 1.18 bits per heavy atom. The number of hydrogen-bond donors (Lipinski definition) is 0. The molecule has 1 aromatic carbocycles. The number of hydrogen-bond acceptors (Lipinski definition) is 9. The number of amides is 1. The van der Waals surface area contributed by atoms with Gasteiger partial charge in [-0.15, -0.1) is 11.3 Å². The predicted octanol–water partition coefficient (Wildman–Crippen LogP) is 3.55. The first-order valence-corrected chi connectivity index (χ1v) is 12.8. The normalized spacial score (nSPS) is 12.2. The maximum atomic E-state index is 14.2. The molecule has 0 N–H and O–H groups in total. The van der Waals surface area contributed by atoms with Gasteiger partial charge in [-0.25, -0.2) is 14.2 Å². The minimum Gasteiger partial charge on any atom is -0.496 e. The molecule has 0 aliphatic carbocycles. The Kier molecular flexibility index (Phi) is 9.41. The summed E-state index contributed by atoms with van der Waals surface area (Å²) in [5, 5.41) is 4.90. The third-order valence-corrected chi connectivity index (χ3v) is 5.93. The zero-order valence-corrected chi connectivity index (χ0v) is 23.5. The largest absolute Gasteiger partial charge is 0.496 e. The highest BCUT2D eigenvalue weighted by atomic mass is 32.1. The van der Waals surface area contributed by atoms with Gasteiger partial charge in [0, 0.05) is 13.2 Å². The van der Waals surface area contributed by atoms with Gasteiger partial charge in [0.05, 0.1) is 48.0 Å². The van der Waals surface area contributed by atoms with Crippen LogP contribution in [0, 0.1) is 5.82 Å². The zero-order chi connectivity index (χ0) is 28.9. The lowest BCUT2D eigenvalue weighted by Crippen LogP contribution is -2.53. The van der Waals surface area contributed by atoms with Crippen molar-refractivity contribution in [2.75, 3.05) is 19.2 Å². The molecule has 39 heavy (non-hydrogen) atoms. The number of methoxy groups -OCH3 is 1. The fraction of sp³-hybridized carbons (Fsp3) is 0.346. The van der Waals surface area contributed by atoms with Gasteiger partial charge in [0.1, 0.15) is 28.3 Å². The van der Waals surface area contributed by atoms with E-state index in [2.05, 4.69) is 10.1 Å². The molecule has 13 heteroatoms. The van der Waals surface area contributed by atoms with Crippen molar-refractivity contribution in [1.29, 1.82) is 0 Å². The molecule has 0 spiro atoms. The van der Waals surface area contributed by atoms with E-state index in [1.165, 1.54) is 63.4 Å². The van der Waals surface area contributed by atoms with Gasteiger partial charge in [-0.05, 0) is 52.8 Å². The quantitative estimate of drug-likeness (QED) is 0.212. The summed E-state index contributed by atoms with van der Waals surface area (Å²) in [6.07, 6.45) is 3.24. The second-order valence-electron chi connectivity index (χ2n) is 8.88. The molecule has 0 aliphatic rings. The molecule has 3 aromatic rings. The fourth-order valence-electron chi connectivity index (χ4n) is 3.39. The van der Waals surface area contributed by atoms with E-state index in [9.17, 15) is 18.8 Å². The number of nitrogens with zero attached hydrogens (tertiary/aromatic N) is 5. The molecule has 0 unspecified atom stereocenters. The topological polar surface area (TPSA) is 117 Å². The van der Waals surface area contributed by atoms with Crippen LogP contribution in [0.1, 0.15) is 55.4 Å². The van der Waals surface area contributed by atoms with Gasteiger partial charge in [-0.1, -0.05) is 5.16 Å². The third-order valence-electron chi connectivity index (χ3n) is 5.17. The summed E-state index contributed by atoms with van der Waals surface area (Å²) in [6.45, 7) is 8.59. The van der Waals surface area contributed by atoms with Crippen molar-refractivity contribution in [3.05, 3.63) is 78.8 Å². The van der Waals surface area contributed by atoms with E-state index in [0.717, 1.165) is 20.9 Å². The first-order chi connectivity index (χ1) is 18.4. The van der Waals surface area contributed by atoms with Gasteiger partial charge in [0.25, 0.3) is 11.5 Å². The van der Waals surface area contributed by atoms with Gasteiger partial charge in [-0.3, -0.25) is 19.1 Å². The molecule has 0 atom stereocenters. The van der Waals surface area contributed by atoms with Gasteiger partial charge in [0.15, 0.2) is 0 Å². The number of oxime groups is 1. The minimum absolute atomic E-state index is 0.0226. The van der Waals surface area contributed by atoms with Gasteiger partial charge in [0.2, 0.25) is 0 Å². The summed E-state index contributed by atoms with van der Waals surface area (Å²) in [5.74, 6) is -0.789. The van der Waals surface area contributed by atoms with E-state index >= 15 is 0 Å². The van der Waals surface area contributed by atoms with Crippen LogP contribution in [-0.4, -0.2) is 52.2 Å². The second-order valence-corrected chi connectivity index (χ2v) is 9.77. The number of rotatable bonds is 10. The average Bonchev–Trinajstić information content (AvgIpc) is 3.42. The highest BCUT2D eigenvalue weighted by Crippen LogP contribution is 2.29. The van der Waals surface area contributed by atoms with Crippen LogP contribution in [0.5, 0.6) is 5.75 Å². The van der Waals surface area contributed by atoms with Crippen molar-refractivity contribution in [3.63, 3.8) is 0 Å². The van der Waals surface area contributed by atoms with Crippen molar-refractivity contribution in [3.8, 4) is 5.75 Å². The highest BCUT2D eigenvalue weighted by molar-refractivity contribution is 7.11. The first kappa shape index (κ1) is 29.3. The molecule has 0 aliphatic heterocycles. The molecule has 0 bridgehead atoms. The maximum Gasteiger partial charge on any atom is 0.354 e. The van der Waals surface area contributed by atoms with E-state index in [4.69, 9.17) is 14.3 Å². The lowest BCUT2D eigenvalue weighted by Gasteiger charge is -2.21. The van der Waals surface area contributed by atoms with Gasteiger partial charge in [-0.2, -0.15) is 4.68 Å². The molecule has 2 heterocycles. The molecule has 0 saturated heterocycles. The van der Waals surface area contributed by atoms with Crippen LogP contribution in [0.4, 0.5) is 4.39 Å². The van der Waals surface area contributed by atoms with Crippen LogP contribution in [0.25, 0.3) is 12.0 Å². The van der Waals surface area contributed by atoms with Crippen molar-refractivity contribution in [1.82, 2.24) is 14.2 Å². The predicted molar refractivity (Wildman–Crippen MR) is 147 cm³/mol. The van der Waals surface area contributed by atoms with Crippen LogP contribution in [0.15, 0.2) is 50.8 Å². The molecular formula is C26H30FN5O6S. The summed E-state index contributed by atoms with van der Waals surface area (Å²) in [5.41, 5.74) is 0.155. The number of benzene rings is 1. The summed E-state index contributed by atoms with van der Waals surface area (Å²) >= 11 is 1.06. The van der Waals surface area contributed by atoms with E-state index in [0.29, 0.717) is 10.4 Å². The number of aromatic nitrogens is 3. The Labute approximate surface area is 228 Å². The molecule has 1 amide bonds. The molecule has 0 radical (unpaired) electrons. The summed E-state index contributed by atoms with van der Waals surface area (Å²) in [6, 6.07) is 3.87. The Hall–Kier alpha value is -4.26. The van der Waals surface area contributed by atoms with E-state index < -0.39 is 23.0 Å². The maximum absolute atomic E-state index is 14.2. The molecule has 3 rings (SSSR count). The minimum atomic E-state index is -0.887.